The Hall–Kier alpha value is -2.55. The van der Waals surface area contributed by atoms with Crippen LogP contribution in [0.1, 0.15) is 34.1 Å². The minimum atomic E-state index is -0.838. The first-order valence-corrected chi connectivity index (χ1v) is 7.27. The number of carbonyl (C=O) groups is 3. The van der Waals surface area contributed by atoms with Crippen molar-refractivity contribution in [2.45, 2.75) is 13.3 Å². The van der Waals surface area contributed by atoms with Gasteiger partial charge >= 0.3 is 0 Å². The molecule has 3 heteroatoms. The molecule has 22 heavy (non-hydrogen) atoms. The van der Waals surface area contributed by atoms with E-state index in [0.717, 1.165) is 6.29 Å². The van der Waals surface area contributed by atoms with Crippen molar-refractivity contribution in [2.24, 2.45) is 11.8 Å². The largest absolute Gasteiger partial charge is 0.303 e. The highest BCUT2D eigenvalue weighted by molar-refractivity contribution is 6.16. The van der Waals surface area contributed by atoms with Crippen molar-refractivity contribution in [2.75, 3.05) is 0 Å². The maximum atomic E-state index is 12.7. The molecule has 0 heterocycles. The fraction of sp³-hybridized carbons (Fsp3) is 0.211. The summed E-state index contributed by atoms with van der Waals surface area (Å²) in [5.41, 5.74) is 0.990. The van der Waals surface area contributed by atoms with Crippen LogP contribution >= 0.6 is 0 Å². The molecular weight excluding hydrogens is 276 g/mol. The Kier molecular flexibility index (Phi) is 5.37. The second-order valence-electron chi connectivity index (χ2n) is 5.32. The lowest BCUT2D eigenvalue weighted by Gasteiger charge is -2.20. The zero-order chi connectivity index (χ0) is 15.9. The molecule has 0 saturated carbocycles. The second kappa shape index (κ2) is 7.46. The lowest BCUT2D eigenvalue weighted by atomic mass is 9.80. The Balaban J connectivity index is 2.37. The normalized spacial score (nSPS) is 11.9. The van der Waals surface area contributed by atoms with Crippen molar-refractivity contribution in [1.29, 1.82) is 0 Å². The van der Waals surface area contributed by atoms with Gasteiger partial charge in [-0.1, -0.05) is 67.6 Å². The van der Waals surface area contributed by atoms with E-state index in [-0.39, 0.29) is 23.9 Å². The zero-order valence-electron chi connectivity index (χ0n) is 12.4. The lowest BCUT2D eigenvalue weighted by molar-refractivity contribution is -0.108. The van der Waals surface area contributed by atoms with Gasteiger partial charge in [0.05, 0.1) is 5.92 Å². The van der Waals surface area contributed by atoms with Crippen LogP contribution < -0.4 is 0 Å². The maximum Gasteiger partial charge on any atom is 0.173 e. The molecule has 0 aliphatic carbocycles. The molecule has 1 atom stereocenters. The molecule has 0 N–H and O–H groups in total. The number of carbonyl (C=O) groups excluding carboxylic acids is 3. The van der Waals surface area contributed by atoms with Crippen molar-refractivity contribution in [3.63, 3.8) is 0 Å². The van der Waals surface area contributed by atoms with E-state index in [9.17, 15) is 14.4 Å². The average molecular weight is 294 g/mol. The van der Waals surface area contributed by atoms with Crippen molar-refractivity contribution < 1.29 is 14.4 Å². The first-order chi connectivity index (χ1) is 10.6. The van der Waals surface area contributed by atoms with Crippen LogP contribution in [-0.4, -0.2) is 17.9 Å². The van der Waals surface area contributed by atoms with E-state index in [0.29, 0.717) is 11.1 Å². The van der Waals surface area contributed by atoms with Crippen LogP contribution in [0.25, 0.3) is 0 Å². The minimum absolute atomic E-state index is 0.182. The van der Waals surface area contributed by atoms with Gasteiger partial charge in [-0.15, -0.1) is 0 Å². The fourth-order valence-corrected chi connectivity index (χ4v) is 2.49. The summed E-state index contributed by atoms with van der Waals surface area (Å²) in [5, 5.41) is 0. The monoisotopic (exact) mass is 294 g/mol. The molecule has 0 bridgehead atoms. The summed E-state index contributed by atoms with van der Waals surface area (Å²) < 4.78 is 0. The molecule has 112 valence electrons. The molecule has 0 radical (unpaired) electrons. The van der Waals surface area contributed by atoms with E-state index in [1.165, 1.54) is 0 Å². The third-order valence-electron chi connectivity index (χ3n) is 3.72. The van der Waals surface area contributed by atoms with E-state index in [2.05, 4.69) is 0 Å². The van der Waals surface area contributed by atoms with Gasteiger partial charge in [0, 0.05) is 17.5 Å². The molecule has 0 saturated heterocycles. The fourth-order valence-electron chi connectivity index (χ4n) is 2.49. The number of Topliss-reactive ketones (excluding diaryl/α,β-unsaturated/α-hetero) is 2. The number of hydrogen-bond acceptors (Lipinski definition) is 3. The van der Waals surface area contributed by atoms with Gasteiger partial charge in [-0.3, -0.25) is 9.59 Å². The van der Waals surface area contributed by atoms with Crippen LogP contribution in [0, 0.1) is 11.8 Å². The molecule has 0 aromatic heterocycles. The summed E-state index contributed by atoms with van der Waals surface area (Å²) in [6.45, 7) is 1.76. The van der Waals surface area contributed by atoms with Gasteiger partial charge in [0.25, 0.3) is 0 Å². The van der Waals surface area contributed by atoms with Gasteiger partial charge in [-0.25, -0.2) is 0 Å². The summed E-state index contributed by atoms with van der Waals surface area (Å²) in [7, 11) is 0. The molecule has 0 unspecified atom stereocenters. The van der Waals surface area contributed by atoms with Gasteiger partial charge in [0.1, 0.15) is 6.29 Å². The molecule has 0 fully saturated rings. The number of rotatable bonds is 7. The van der Waals surface area contributed by atoms with Gasteiger partial charge in [0.15, 0.2) is 11.6 Å². The van der Waals surface area contributed by atoms with Crippen LogP contribution in [0.2, 0.25) is 0 Å². The Morgan fingerprint density at radius 2 is 1.27 bits per heavy atom. The number of hydrogen-bond donors (Lipinski definition) is 0. The molecule has 3 nitrogen and oxygen atoms in total. The highest BCUT2D eigenvalue weighted by atomic mass is 16.2. The highest BCUT2D eigenvalue weighted by Crippen LogP contribution is 2.24. The highest BCUT2D eigenvalue weighted by Gasteiger charge is 2.33. The predicted octanol–water partition coefficient (Wildman–Crippen LogP) is 3.59. The first-order valence-electron chi connectivity index (χ1n) is 7.27. The third kappa shape index (κ3) is 3.55. The summed E-state index contributed by atoms with van der Waals surface area (Å²) in [6.07, 6.45) is 0.941. The lowest BCUT2D eigenvalue weighted by Crippen LogP contribution is -2.30. The van der Waals surface area contributed by atoms with Gasteiger partial charge in [-0.05, 0) is 5.92 Å². The molecule has 2 rings (SSSR count). The van der Waals surface area contributed by atoms with Gasteiger partial charge < -0.3 is 4.79 Å². The smallest absolute Gasteiger partial charge is 0.173 e. The van der Waals surface area contributed by atoms with E-state index >= 15 is 0 Å². The Morgan fingerprint density at radius 3 is 1.64 bits per heavy atom. The molecule has 0 amide bonds. The number of benzene rings is 2. The zero-order valence-corrected chi connectivity index (χ0v) is 12.4. The molecule has 0 aliphatic rings. The van der Waals surface area contributed by atoms with E-state index in [1.54, 1.807) is 55.5 Å². The summed E-state index contributed by atoms with van der Waals surface area (Å²) in [4.78, 5) is 36.3. The number of aldehydes is 1. The van der Waals surface area contributed by atoms with Crippen LogP contribution in [-0.2, 0) is 4.79 Å². The molecule has 0 spiro atoms. The number of ketones is 2. The minimum Gasteiger partial charge on any atom is -0.303 e. The van der Waals surface area contributed by atoms with Gasteiger partial charge in [-0.2, -0.15) is 0 Å². The SMILES string of the molecule is C[C@H](CC=O)C(C(=O)c1ccccc1)C(=O)c1ccccc1. The van der Waals surface area contributed by atoms with Crippen molar-refractivity contribution in [3.05, 3.63) is 71.8 Å². The van der Waals surface area contributed by atoms with Gasteiger partial charge in [0.2, 0.25) is 0 Å². The van der Waals surface area contributed by atoms with Crippen molar-refractivity contribution >= 4 is 17.9 Å². The molecule has 2 aromatic rings. The van der Waals surface area contributed by atoms with Crippen LogP contribution in [0.15, 0.2) is 60.7 Å². The quantitative estimate of drug-likeness (QED) is 0.445. The van der Waals surface area contributed by atoms with E-state index in [4.69, 9.17) is 0 Å². The Labute approximate surface area is 130 Å². The third-order valence-corrected chi connectivity index (χ3v) is 3.72. The second-order valence-corrected chi connectivity index (χ2v) is 5.32. The Bertz CT molecular complexity index is 595. The first kappa shape index (κ1) is 15.8. The maximum absolute atomic E-state index is 12.7. The van der Waals surface area contributed by atoms with E-state index in [1.807, 2.05) is 12.1 Å². The van der Waals surface area contributed by atoms with E-state index < -0.39 is 5.92 Å². The average Bonchev–Trinajstić information content (AvgIpc) is 2.56. The molecule has 2 aromatic carbocycles. The summed E-state index contributed by atoms with van der Waals surface area (Å²) in [6, 6.07) is 17.5. The topological polar surface area (TPSA) is 51.2 Å². The van der Waals surface area contributed by atoms with Crippen LogP contribution in [0.4, 0.5) is 0 Å². The van der Waals surface area contributed by atoms with Crippen molar-refractivity contribution in [3.8, 4) is 0 Å². The van der Waals surface area contributed by atoms with Crippen LogP contribution in [0.5, 0.6) is 0 Å². The summed E-state index contributed by atoms with van der Waals surface area (Å²) in [5.74, 6) is -1.64. The van der Waals surface area contributed by atoms with Crippen LogP contribution in [0.3, 0.4) is 0 Å². The molecular formula is C19H18O3. The summed E-state index contributed by atoms with van der Waals surface area (Å²) >= 11 is 0. The predicted molar refractivity (Wildman–Crippen MR) is 84.9 cm³/mol. The molecule has 0 aliphatic heterocycles. The standard InChI is InChI=1S/C19H18O3/c1-14(12-13-20)17(18(21)15-8-4-2-5-9-15)19(22)16-10-6-3-7-11-16/h2-11,13-14,17H,12H2,1H3/t14-/m1/s1. The van der Waals surface area contributed by atoms with Crippen molar-refractivity contribution in [1.82, 2.24) is 0 Å². The Morgan fingerprint density at radius 1 is 0.864 bits per heavy atom.